The zero-order valence-corrected chi connectivity index (χ0v) is 14.2. The molecule has 21 heavy (non-hydrogen) atoms. The van der Waals surface area contributed by atoms with E-state index in [0.29, 0.717) is 6.42 Å². The maximum absolute atomic E-state index is 12.7. The summed E-state index contributed by atoms with van der Waals surface area (Å²) in [4.78, 5) is 12.0. The number of carbonyl (C=O) groups excluding carboxylic acids is 1. The second-order valence-electron chi connectivity index (χ2n) is 6.67. The number of hydrogen-bond donors (Lipinski definition) is 0. The lowest BCUT2D eigenvalue weighted by Crippen LogP contribution is -2.32. The average Bonchev–Trinajstić information content (AvgIpc) is 3.04. The summed E-state index contributed by atoms with van der Waals surface area (Å²) in [7, 11) is -3.65. The fourth-order valence-electron chi connectivity index (χ4n) is 2.83. The Balaban J connectivity index is 0.00000161. The monoisotopic (exact) mass is 328 g/mol. The Kier molecular flexibility index (Phi) is 3.70. The van der Waals surface area contributed by atoms with Crippen LogP contribution in [0.5, 0.6) is 0 Å². The molecular weight excluding hydrogens is 308 g/mol. The molecule has 1 aliphatic heterocycles. The molecule has 0 spiro atoms. The number of ether oxygens (including phenoxy) is 1. The Morgan fingerprint density at radius 3 is 2.14 bits per heavy atom. The van der Waals surface area contributed by atoms with Crippen LogP contribution >= 0.6 is 13.5 Å². The number of sulfone groups is 1. The largest absolute Gasteiger partial charge is 0.464 e. The van der Waals surface area contributed by atoms with Crippen LogP contribution < -0.4 is 0 Å². The number of rotatable bonds is 2. The topological polar surface area (TPSA) is 60.4 Å². The van der Waals surface area contributed by atoms with Crippen molar-refractivity contribution in [3.8, 4) is 0 Å². The van der Waals surface area contributed by atoms with Crippen molar-refractivity contribution >= 4 is 29.3 Å². The number of cyclic esters (lactones) is 1. The van der Waals surface area contributed by atoms with Gasteiger partial charge in [-0.2, -0.15) is 13.5 Å². The molecule has 0 radical (unpaired) electrons. The van der Waals surface area contributed by atoms with Gasteiger partial charge in [0, 0.05) is 5.92 Å². The first-order valence-corrected chi connectivity index (χ1v) is 8.20. The molecule has 4 nitrogen and oxygen atoms in total. The number of benzene rings is 1. The summed E-state index contributed by atoms with van der Waals surface area (Å²) in [6.07, 6.45) is 0.398. The molecule has 0 amide bonds. The Hall–Kier alpha value is -1.01. The highest BCUT2D eigenvalue weighted by molar-refractivity contribution is 7.94. The quantitative estimate of drug-likeness (QED) is 0.781. The van der Waals surface area contributed by atoms with Gasteiger partial charge in [-0.05, 0) is 29.5 Å². The van der Waals surface area contributed by atoms with E-state index >= 15 is 0 Å². The van der Waals surface area contributed by atoms with Gasteiger partial charge in [0.25, 0.3) is 0 Å². The lowest BCUT2D eigenvalue weighted by atomic mass is 9.87. The van der Waals surface area contributed by atoms with E-state index in [2.05, 4.69) is 20.8 Å². The van der Waals surface area contributed by atoms with Gasteiger partial charge in [-0.15, -0.1) is 0 Å². The van der Waals surface area contributed by atoms with Gasteiger partial charge in [-0.1, -0.05) is 32.9 Å². The van der Waals surface area contributed by atoms with Crippen molar-refractivity contribution in [1.29, 1.82) is 0 Å². The molecule has 0 bridgehead atoms. The number of carbonyl (C=O) groups is 1. The van der Waals surface area contributed by atoms with Gasteiger partial charge in [0.05, 0.1) is 11.5 Å². The first kappa shape index (κ1) is 16.4. The lowest BCUT2D eigenvalue weighted by molar-refractivity contribution is -0.140. The molecule has 1 aromatic rings. The minimum Gasteiger partial charge on any atom is -0.464 e. The zero-order chi connectivity index (χ0) is 14.8. The summed E-state index contributed by atoms with van der Waals surface area (Å²) >= 11 is 0. The normalized spacial score (nSPS) is 27.6. The first-order valence-electron chi connectivity index (χ1n) is 6.72. The number of fused-ring (bicyclic) bond motifs is 1. The van der Waals surface area contributed by atoms with Crippen LogP contribution in [0.4, 0.5) is 0 Å². The highest BCUT2D eigenvalue weighted by Crippen LogP contribution is 2.57. The average molecular weight is 328 g/mol. The molecule has 1 aliphatic carbocycles. The summed E-state index contributed by atoms with van der Waals surface area (Å²) in [5, 5.41) is 0. The molecular formula is C15H20O4S2. The van der Waals surface area contributed by atoms with E-state index < -0.39 is 20.6 Å². The molecule has 6 heteroatoms. The van der Waals surface area contributed by atoms with Crippen LogP contribution in [-0.4, -0.2) is 25.7 Å². The summed E-state index contributed by atoms with van der Waals surface area (Å²) in [5.74, 6) is -0.746. The Labute approximate surface area is 132 Å². The van der Waals surface area contributed by atoms with Crippen LogP contribution in [0.2, 0.25) is 0 Å². The highest BCUT2D eigenvalue weighted by Gasteiger charge is 2.74. The molecule has 0 unspecified atom stereocenters. The van der Waals surface area contributed by atoms with Gasteiger partial charge in [-0.3, -0.25) is 4.79 Å². The summed E-state index contributed by atoms with van der Waals surface area (Å²) < 4.78 is 28.9. The SMILES string of the molecule is CC(C)(C)c1ccc(S(=O)(=O)[C@]23C[C@H]2COC3=O)cc1.S. The van der Waals surface area contributed by atoms with Crippen molar-refractivity contribution in [2.75, 3.05) is 6.61 Å². The maximum atomic E-state index is 12.7. The van der Waals surface area contributed by atoms with Gasteiger partial charge in [0.1, 0.15) is 0 Å². The predicted octanol–water partition coefficient (Wildman–Crippen LogP) is 2.19. The summed E-state index contributed by atoms with van der Waals surface area (Å²) in [5.41, 5.74) is 1.03. The molecule has 1 heterocycles. The fraction of sp³-hybridized carbons (Fsp3) is 0.533. The van der Waals surface area contributed by atoms with Crippen molar-refractivity contribution in [3.63, 3.8) is 0 Å². The Bertz CT molecular complexity index is 671. The minimum absolute atomic E-state index is 0. The van der Waals surface area contributed by atoms with Crippen LogP contribution in [0.1, 0.15) is 32.8 Å². The molecule has 2 fully saturated rings. The third kappa shape index (κ3) is 2.19. The van der Waals surface area contributed by atoms with Crippen molar-refractivity contribution in [1.82, 2.24) is 0 Å². The predicted molar refractivity (Wildman–Crippen MR) is 84.5 cm³/mol. The van der Waals surface area contributed by atoms with Crippen LogP contribution in [0.25, 0.3) is 0 Å². The fourth-order valence-corrected chi connectivity index (χ4v) is 4.95. The third-order valence-corrected chi connectivity index (χ3v) is 6.84. The number of esters is 1. The molecule has 2 atom stereocenters. The zero-order valence-electron chi connectivity index (χ0n) is 12.3. The van der Waals surface area contributed by atoms with E-state index in [4.69, 9.17) is 4.74 Å². The van der Waals surface area contributed by atoms with E-state index in [1.54, 1.807) is 12.1 Å². The van der Waals surface area contributed by atoms with Crippen molar-refractivity contribution in [2.24, 2.45) is 5.92 Å². The molecule has 116 valence electrons. The lowest BCUT2D eigenvalue weighted by Gasteiger charge is -2.19. The third-order valence-electron chi connectivity index (χ3n) is 4.32. The second-order valence-corrected chi connectivity index (χ2v) is 8.87. The molecule has 3 rings (SSSR count). The number of hydrogen-bond acceptors (Lipinski definition) is 4. The van der Waals surface area contributed by atoms with Crippen molar-refractivity contribution < 1.29 is 17.9 Å². The molecule has 2 aliphatic rings. The Morgan fingerprint density at radius 2 is 1.76 bits per heavy atom. The highest BCUT2D eigenvalue weighted by atomic mass is 32.2. The van der Waals surface area contributed by atoms with Crippen LogP contribution in [-0.2, 0) is 24.8 Å². The maximum Gasteiger partial charge on any atom is 0.328 e. The van der Waals surface area contributed by atoms with Crippen molar-refractivity contribution in [3.05, 3.63) is 29.8 Å². The molecule has 0 N–H and O–H groups in total. The first-order chi connectivity index (χ1) is 9.19. The van der Waals surface area contributed by atoms with E-state index in [1.165, 1.54) is 0 Å². The van der Waals surface area contributed by atoms with Crippen molar-refractivity contribution in [2.45, 2.75) is 42.2 Å². The summed E-state index contributed by atoms with van der Waals surface area (Å²) in [6.45, 7) is 6.44. The van der Waals surface area contributed by atoms with Crippen LogP contribution in [0, 0.1) is 5.92 Å². The molecule has 0 aromatic heterocycles. The van der Waals surface area contributed by atoms with Gasteiger partial charge in [-0.25, -0.2) is 8.42 Å². The molecule has 1 aromatic carbocycles. The standard InChI is InChI=1S/C15H18O4S.H2S/c1-14(2,3)10-4-6-12(7-5-10)20(17,18)15-8-11(15)9-19-13(15)16;/h4-7,11H,8-9H2,1-3H3;1H2/t11-,15+;/m0./s1. The Morgan fingerprint density at radius 1 is 1.19 bits per heavy atom. The smallest absolute Gasteiger partial charge is 0.328 e. The van der Waals surface area contributed by atoms with E-state index in [-0.39, 0.29) is 36.3 Å². The van der Waals surface area contributed by atoms with E-state index in [1.807, 2.05) is 12.1 Å². The molecule has 1 saturated heterocycles. The van der Waals surface area contributed by atoms with Gasteiger partial charge in [0.2, 0.25) is 0 Å². The molecule has 1 saturated carbocycles. The summed E-state index contributed by atoms with van der Waals surface area (Å²) in [6, 6.07) is 6.85. The second kappa shape index (κ2) is 4.74. The van der Waals surface area contributed by atoms with Crippen LogP contribution in [0.15, 0.2) is 29.2 Å². The minimum atomic E-state index is -3.65. The van der Waals surface area contributed by atoms with Gasteiger partial charge in [0.15, 0.2) is 14.6 Å². The van der Waals surface area contributed by atoms with E-state index in [0.717, 1.165) is 5.56 Å². The van der Waals surface area contributed by atoms with Gasteiger partial charge >= 0.3 is 5.97 Å². The van der Waals surface area contributed by atoms with Gasteiger partial charge < -0.3 is 4.74 Å². The van der Waals surface area contributed by atoms with E-state index in [9.17, 15) is 13.2 Å². The van der Waals surface area contributed by atoms with Crippen LogP contribution in [0.3, 0.4) is 0 Å².